The van der Waals surface area contributed by atoms with Crippen LogP contribution in [0.5, 0.6) is 0 Å². The zero-order valence-electron chi connectivity index (χ0n) is 12.5. The van der Waals surface area contributed by atoms with Crippen LogP contribution in [0.1, 0.15) is 66.2 Å². The van der Waals surface area contributed by atoms with Crippen LogP contribution in [0.15, 0.2) is 0 Å². The number of hydrogen-bond donors (Lipinski definition) is 2. The molecule has 3 N–H and O–H groups in total. The fourth-order valence-electron chi connectivity index (χ4n) is 2.64. The SMILES string of the molecule is C[C@@H](NC(=O)C(N)C(C)(C)C)C1CCCCCC1. The molecular weight excluding hydrogens is 224 g/mol. The number of carbonyl (C=O) groups is 1. The van der Waals surface area contributed by atoms with Crippen molar-refractivity contribution in [2.75, 3.05) is 0 Å². The van der Waals surface area contributed by atoms with Crippen LogP contribution in [-0.4, -0.2) is 18.0 Å². The van der Waals surface area contributed by atoms with E-state index in [0.717, 1.165) is 0 Å². The Morgan fingerprint density at radius 3 is 2.11 bits per heavy atom. The second kappa shape index (κ2) is 6.55. The fourth-order valence-corrected chi connectivity index (χ4v) is 2.64. The average Bonchev–Trinajstić information content (AvgIpc) is 2.55. The van der Waals surface area contributed by atoms with Crippen molar-refractivity contribution in [3.05, 3.63) is 0 Å². The molecule has 0 aromatic carbocycles. The molecule has 3 nitrogen and oxygen atoms in total. The predicted octanol–water partition coefficient (Wildman–Crippen LogP) is 2.83. The van der Waals surface area contributed by atoms with Gasteiger partial charge in [-0.3, -0.25) is 4.79 Å². The minimum atomic E-state index is -0.425. The Hall–Kier alpha value is -0.570. The maximum absolute atomic E-state index is 12.1. The molecule has 0 spiro atoms. The van der Waals surface area contributed by atoms with Crippen molar-refractivity contribution in [2.45, 2.75) is 78.3 Å². The lowest BCUT2D eigenvalue weighted by atomic mass is 9.86. The number of hydrogen-bond acceptors (Lipinski definition) is 2. The normalized spacial score (nSPS) is 22.1. The van der Waals surface area contributed by atoms with E-state index in [1.54, 1.807) is 0 Å². The Bertz CT molecular complexity index is 262. The standard InChI is InChI=1S/C15H30N2O/c1-11(12-9-7-5-6-8-10-12)17-14(18)13(16)15(2,3)4/h11-13H,5-10,16H2,1-4H3,(H,17,18)/t11-,13?/m1/s1. The van der Waals surface area contributed by atoms with Gasteiger partial charge in [0.05, 0.1) is 6.04 Å². The van der Waals surface area contributed by atoms with Crippen LogP contribution < -0.4 is 11.1 Å². The van der Waals surface area contributed by atoms with Crippen LogP contribution in [0.25, 0.3) is 0 Å². The van der Waals surface area contributed by atoms with E-state index in [4.69, 9.17) is 5.73 Å². The van der Waals surface area contributed by atoms with E-state index in [1.165, 1.54) is 38.5 Å². The van der Waals surface area contributed by atoms with Crippen molar-refractivity contribution in [3.63, 3.8) is 0 Å². The predicted molar refractivity (Wildman–Crippen MR) is 76.2 cm³/mol. The minimum Gasteiger partial charge on any atom is -0.352 e. The highest BCUT2D eigenvalue weighted by Gasteiger charge is 2.29. The molecule has 0 aromatic heterocycles. The number of carbonyl (C=O) groups excluding carboxylic acids is 1. The van der Waals surface area contributed by atoms with E-state index in [-0.39, 0.29) is 17.4 Å². The van der Waals surface area contributed by atoms with E-state index >= 15 is 0 Å². The third-order valence-corrected chi connectivity index (χ3v) is 4.19. The Kier molecular flexibility index (Phi) is 5.64. The van der Waals surface area contributed by atoms with Crippen molar-refractivity contribution in [2.24, 2.45) is 17.1 Å². The molecule has 1 aliphatic rings. The van der Waals surface area contributed by atoms with E-state index in [1.807, 2.05) is 20.8 Å². The number of nitrogens with one attached hydrogen (secondary N) is 1. The van der Waals surface area contributed by atoms with Gasteiger partial charge in [-0.1, -0.05) is 46.5 Å². The van der Waals surface area contributed by atoms with Gasteiger partial charge in [-0.15, -0.1) is 0 Å². The first kappa shape index (κ1) is 15.5. The molecule has 1 unspecified atom stereocenters. The van der Waals surface area contributed by atoms with Gasteiger partial charge in [0.15, 0.2) is 0 Å². The highest BCUT2D eigenvalue weighted by atomic mass is 16.2. The quantitative estimate of drug-likeness (QED) is 0.761. The topological polar surface area (TPSA) is 55.1 Å². The van der Waals surface area contributed by atoms with Crippen LogP contribution in [0.4, 0.5) is 0 Å². The smallest absolute Gasteiger partial charge is 0.237 e. The zero-order valence-corrected chi connectivity index (χ0v) is 12.5. The first-order chi connectivity index (χ1) is 8.32. The van der Waals surface area contributed by atoms with Crippen molar-refractivity contribution in [3.8, 4) is 0 Å². The van der Waals surface area contributed by atoms with E-state index < -0.39 is 6.04 Å². The zero-order chi connectivity index (χ0) is 13.8. The summed E-state index contributed by atoms with van der Waals surface area (Å²) in [6, 6.07) is -0.172. The van der Waals surface area contributed by atoms with Crippen LogP contribution in [0.2, 0.25) is 0 Å². The minimum absolute atomic E-state index is 0.000697. The molecule has 0 aliphatic heterocycles. The third-order valence-electron chi connectivity index (χ3n) is 4.19. The molecule has 106 valence electrons. The average molecular weight is 254 g/mol. The molecule has 2 atom stereocenters. The summed E-state index contributed by atoms with van der Waals surface area (Å²) in [5.41, 5.74) is 5.82. The number of nitrogens with two attached hydrogens (primary N) is 1. The van der Waals surface area contributed by atoms with Gasteiger partial charge in [-0.25, -0.2) is 0 Å². The molecule has 0 saturated heterocycles. The van der Waals surface area contributed by atoms with Gasteiger partial charge in [-0.05, 0) is 31.1 Å². The number of amides is 1. The summed E-state index contributed by atoms with van der Waals surface area (Å²) in [5.74, 6) is 0.628. The second-order valence-corrected chi connectivity index (χ2v) is 6.89. The molecule has 1 rings (SSSR count). The lowest BCUT2D eigenvalue weighted by Crippen LogP contribution is -2.52. The Labute approximate surface area is 112 Å². The van der Waals surface area contributed by atoms with E-state index in [0.29, 0.717) is 5.92 Å². The second-order valence-electron chi connectivity index (χ2n) is 6.89. The summed E-state index contributed by atoms with van der Waals surface area (Å²) in [5, 5.41) is 3.12. The van der Waals surface area contributed by atoms with E-state index in [9.17, 15) is 4.79 Å². The Morgan fingerprint density at radius 2 is 1.67 bits per heavy atom. The van der Waals surface area contributed by atoms with Crippen molar-refractivity contribution >= 4 is 5.91 Å². The van der Waals surface area contributed by atoms with Gasteiger partial charge in [0.1, 0.15) is 0 Å². The molecule has 0 radical (unpaired) electrons. The molecule has 1 saturated carbocycles. The Morgan fingerprint density at radius 1 is 1.17 bits per heavy atom. The van der Waals surface area contributed by atoms with Gasteiger partial charge in [-0.2, -0.15) is 0 Å². The molecule has 0 bridgehead atoms. The van der Waals surface area contributed by atoms with Gasteiger partial charge >= 0.3 is 0 Å². The van der Waals surface area contributed by atoms with Crippen LogP contribution in [0.3, 0.4) is 0 Å². The first-order valence-electron chi connectivity index (χ1n) is 7.38. The van der Waals surface area contributed by atoms with Crippen molar-refractivity contribution < 1.29 is 4.79 Å². The molecule has 18 heavy (non-hydrogen) atoms. The van der Waals surface area contributed by atoms with Crippen LogP contribution in [0, 0.1) is 11.3 Å². The van der Waals surface area contributed by atoms with Gasteiger partial charge in [0.25, 0.3) is 0 Å². The maximum Gasteiger partial charge on any atom is 0.237 e. The fraction of sp³-hybridized carbons (Fsp3) is 0.933. The third kappa shape index (κ3) is 4.60. The highest BCUT2D eigenvalue weighted by Crippen LogP contribution is 2.26. The monoisotopic (exact) mass is 254 g/mol. The molecule has 1 aliphatic carbocycles. The highest BCUT2D eigenvalue weighted by molar-refractivity contribution is 5.82. The summed E-state index contributed by atoms with van der Waals surface area (Å²) < 4.78 is 0. The van der Waals surface area contributed by atoms with Gasteiger partial charge in [0.2, 0.25) is 5.91 Å². The molecule has 1 fully saturated rings. The molecule has 1 amide bonds. The lowest BCUT2D eigenvalue weighted by molar-refractivity contribution is -0.125. The van der Waals surface area contributed by atoms with Crippen molar-refractivity contribution in [1.29, 1.82) is 0 Å². The molecule has 3 heteroatoms. The summed E-state index contributed by atoms with van der Waals surface area (Å²) in [4.78, 5) is 12.1. The summed E-state index contributed by atoms with van der Waals surface area (Å²) >= 11 is 0. The summed E-state index contributed by atoms with van der Waals surface area (Å²) in [6.07, 6.45) is 7.78. The molecule has 0 aromatic rings. The molecule has 0 heterocycles. The van der Waals surface area contributed by atoms with Gasteiger partial charge < -0.3 is 11.1 Å². The maximum atomic E-state index is 12.1. The number of rotatable bonds is 3. The van der Waals surface area contributed by atoms with E-state index in [2.05, 4.69) is 12.2 Å². The van der Waals surface area contributed by atoms with Crippen molar-refractivity contribution in [1.82, 2.24) is 5.32 Å². The van der Waals surface area contributed by atoms with Gasteiger partial charge in [0, 0.05) is 6.04 Å². The van der Waals surface area contributed by atoms with Crippen LogP contribution in [-0.2, 0) is 4.79 Å². The Balaban J connectivity index is 2.47. The molecular formula is C15H30N2O. The van der Waals surface area contributed by atoms with Crippen LogP contribution >= 0.6 is 0 Å². The summed E-state index contributed by atoms with van der Waals surface area (Å²) in [7, 11) is 0. The summed E-state index contributed by atoms with van der Waals surface area (Å²) in [6.45, 7) is 8.15. The lowest BCUT2D eigenvalue weighted by Gasteiger charge is -2.30. The largest absolute Gasteiger partial charge is 0.352 e. The first-order valence-corrected chi connectivity index (χ1v) is 7.38.